The summed E-state index contributed by atoms with van der Waals surface area (Å²) in [5.74, 6) is 1.45. The van der Waals surface area contributed by atoms with Crippen LogP contribution >= 0.6 is 15.9 Å². The van der Waals surface area contributed by atoms with E-state index in [0.29, 0.717) is 5.92 Å². The van der Waals surface area contributed by atoms with Crippen molar-refractivity contribution < 1.29 is 0 Å². The normalized spacial score (nSPS) is 13.1. The molecule has 0 heterocycles. The van der Waals surface area contributed by atoms with Crippen LogP contribution < -0.4 is 5.32 Å². The number of benzene rings is 1. The molecule has 0 aliphatic rings. The van der Waals surface area contributed by atoms with E-state index in [0.717, 1.165) is 32.1 Å². The molecule has 0 spiro atoms. The lowest BCUT2D eigenvalue weighted by Gasteiger charge is -2.21. The minimum absolute atomic E-state index is 0.696. The van der Waals surface area contributed by atoms with E-state index < -0.39 is 0 Å². The number of nitrogens with one attached hydrogen (secondary N) is 1. The molecule has 3 heteroatoms. The molecule has 21 heavy (non-hydrogen) atoms. The van der Waals surface area contributed by atoms with Crippen LogP contribution in [-0.2, 0) is 13.1 Å². The number of rotatable bonds is 9. The summed E-state index contributed by atoms with van der Waals surface area (Å²) < 4.78 is 1.22. The molecule has 0 amide bonds. The Labute approximate surface area is 139 Å². The molecule has 120 valence electrons. The first-order chi connectivity index (χ1) is 9.92. The molecule has 0 radical (unpaired) electrons. The molecule has 1 unspecified atom stereocenters. The van der Waals surface area contributed by atoms with Gasteiger partial charge in [0.2, 0.25) is 0 Å². The Morgan fingerprint density at radius 2 is 1.95 bits per heavy atom. The van der Waals surface area contributed by atoms with Crippen molar-refractivity contribution in [2.75, 3.05) is 20.1 Å². The number of hydrogen-bond donors (Lipinski definition) is 1. The third-order valence-corrected chi connectivity index (χ3v) is 4.50. The second-order valence-corrected chi connectivity index (χ2v) is 7.52. The standard InChI is InChI=1S/C18H31BrN2/c1-6-15(4)12-21(5)13-17-8-7-16(9-18(17)19)11-20-10-14(2)3/h7-9,14-15,20H,6,10-13H2,1-5H3. The molecule has 1 aromatic rings. The van der Waals surface area contributed by atoms with Gasteiger partial charge in [0.15, 0.2) is 0 Å². The molecule has 0 aromatic heterocycles. The fourth-order valence-electron chi connectivity index (χ4n) is 2.35. The van der Waals surface area contributed by atoms with Crippen LogP contribution in [0.2, 0.25) is 0 Å². The van der Waals surface area contributed by atoms with Crippen LogP contribution in [0.5, 0.6) is 0 Å². The number of halogens is 1. The van der Waals surface area contributed by atoms with Crippen molar-refractivity contribution in [3.63, 3.8) is 0 Å². The Bertz CT molecular complexity index is 418. The lowest BCUT2D eigenvalue weighted by Crippen LogP contribution is -2.24. The van der Waals surface area contributed by atoms with Gasteiger partial charge in [-0.3, -0.25) is 0 Å². The van der Waals surface area contributed by atoms with Gasteiger partial charge in [-0.15, -0.1) is 0 Å². The van der Waals surface area contributed by atoms with Crippen LogP contribution in [0.15, 0.2) is 22.7 Å². The summed E-state index contributed by atoms with van der Waals surface area (Å²) in [5, 5.41) is 3.49. The maximum absolute atomic E-state index is 3.73. The Kier molecular flexibility index (Phi) is 8.53. The summed E-state index contributed by atoms with van der Waals surface area (Å²) in [6.45, 7) is 13.2. The molecule has 0 saturated carbocycles. The van der Waals surface area contributed by atoms with Gasteiger partial charge in [-0.2, -0.15) is 0 Å². The summed E-state index contributed by atoms with van der Waals surface area (Å²) >= 11 is 3.73. The number of nitrogens with zero attached hydrogens (tertiary/aromatic N) is 1. The summed E-state index contributed by atoms with van der Waals surface area (Å²) in [7, 11) is 2.21. The average Bonchev–Trinajstić information content (AvgIpc) is 2.41. The zero-order valence-corrected chi connectivity index (χ0v) is 15.8. The van der Waals surface area contributed by atoms with Gasteiger partial charge in [-0.25, -0.2) is 0 Å². The summed E-state index contributed by atoms with van der Waals surface area (Å²) in [5.41, 5.74) is 2.71. The van der Waals surface area contributed by atoms with E-state index in [4.69, 9.17) is 0 Å². The van der Waals surface area contributed by atoms with Gasteiger partial charge in [-0.05, 0) is 42.6 Å². The third kappa shape index (κ3) is 7.44. The van der Waals surface area contributed by atoms with E-state index in [1.165, 1.54) is 22.0 Å². The van der Waals surface area contributed by atoms with Crippen LogP contribution in [0, 0.1) is 11.8 Å². The summed E-state index contributed by atoms with van der Waals surface area (Å²) in [6.07, 6.45) is 1.24. The van der Waals surface area contributed by atoms with Crippen molar-refractivity contribution >= 4 is 15.9 Å². The zero-order chi connectivity index (χ0) is 15.8. The lowest BCUT2D eigenvalue weighted by molar-refractivity contribution is 0.275. The van der Waals surface area contributed by atoms with Crippen LogP contribution in [0.4, 0.5) is 0 Å². The quantitative estimate of drug-likeness (QED) is 0.692. The first-order valence-electron chi connectivity index (χ1n) is 8.08. The van der Waals surface area contributed by atoms with Crippen molar-refractivity contribution in [1.29, 1.82) is 0 Å². The zero-order valence-electron chi connectivity index (χ0n) is 14.2. The van der Waals surface area contributed by atoms with E-state index in [-0.39, 0.29) is 0 Å². The summed E-state index contributed by atoms with van der Waals surface area (Å²) in [6, 6.07) is 6.74. The molecule has 1 N–H and O–H groups in total. The molecule has 0 aliphatic carbocycles. The Balaban J connectivity index is 2.53. The molecule has 1 atom stereocenters. The van der Waals surface area contributed by atoms with Crippen molar-refractivity contribution in [2.45, 2.75) is 47.2 Å². The van der Waals surface area contributed by atoms with Gasteiger partial charge >= 0.3 is 0 Å². The average molecular weight is 355 g/mol. The second kappa shape index (κ2) is 9.60. The van der Waals surface area contributed by atoms with Crippen molar-refractivity contribution in [2.24, 2.45) is 11.8 Å². The van der Waals surface area contributed by atoms with Gasteiger partial charge in [0.1, 0.15) is 0 Å². The number of hydrogen-bond acceptors (Lipinski definition) is 2. The van der Waals surface area contributed by atoms with Crippen LogP contribution in [0.1, 0.15) is 45.2 Å². The molecule has 0 fully saturated rings. The highest BCUT2D eigenvalue weighted by Crippen LogP contribution is 2.20. The molecule has 0 saturated heterocycles. The summed E-state index contributed by atoms with van der Waals surface area (Å²) in [4.78, 5) is 2.41. The molecular formula is C18H31BrN2. The topological polar surface area (TPSA) is 15.3 Å². The first-order valence-corrected chi connectivity index (χ1v) is 8.88. The largest absolute Gasteiger partial charge is 0.312 e. The Morgan fingerprint density at radius 1 is 1.24 bits per heavy atom. The van der Waals surface area contributed by atoms with E-state index in [1.807, 2.05) is 0 Å². The first kappa shape index (κ1) is 18.7. The van der Waals surface area contributed by atoms with E-state index in [2.05, 4.69) is 79.1 Å². The Morgan fingerprint density at radius 3 is 2.52 bits per heavy atom. The molecule has 0 aliphatic heterocycles. The van der Waals surface area contributed by atoms with Gasteiger partial charge in [-0.1, -0.05) is 62.2 Å². The van der Waals surface area contributed by atoms with Gasteiger partial charge < -0.3 is 10.2 Å². The van der Waals surface area contributed by atoms with Crippen LogP contribution in [-0.4, -0.2) is 25.0 Å². The fourth-order valence-corrected chi connectivity index (χ4v) is 2.90. The van der Waals surface area contributed by atoms with E-state index in [1.54, 1.807) is 0 Å². The maximum atomic E-state index is 3.73. The predicted octanol–water partition coefficient (Wildman–Crippen LogP) is 4.67. The van der Waals surface area contributed by atoms with Gasteiger partial charge in [0.25, 0.3) is 0 Å². The lowest BCUT2D eigenvalue weighted by atomic mass is 10.1. The molecular weight excluding hydrogens is 324 g/mol. The van der Waals surface area contributed by atoms with E-state index in [9.17, 15) is 0 Å². The molecule has 1 aromatic carbocycles. The van der Waals surface area contributed by atoms with E-state index >= 15 is 0 Å². The van der Waals surface area contributed by atoms with Gasteiger partial charge in [0, 0.05) is 24.1 Å². The highest BCUT2D eigenvalue weighted by Gasteiger charge is 2.08. The SMILES string of the molecule is CCC(C)CN(C)Cc1ccc(CNCC(C)C)cc1Br. The van der Waals surface area contributed by atoms with Crippen LogP contribution in [0.3, 0.4) is 0 Å². The van der Waals surface area contributed by atoms with Crippen molar-refractivity contribution in [3.8, 4) is 0 Å². The highest BCUT2D eigenvalue weighted by molar-refractivity contribution is 9.10. The van der Waals surface area contributed by atoms with Crippen molar-refractivity contribution in [3.05, 3.63) is 33.8 Å². The monoisotopic (exact) mass is 354 g/mol. The van der Waals surface area contributed by atoms with Crippen LogP contribution in [0.25, 0.3) is 0 Å². The molecule has 0 bridgehead atoms. The predicted molar refractivity (Wildman–Crippen MR) is 96.5 cm³/mol. The molecule has 2 nitrogen and oxygen atoms in total. The van der Waals surface area contributed by atoms with Crippen molar-refractivity contribution in [1.82, 2.24) is 10.2 Å². The highest BCUT2D eigenvalue weighted by atomic mass is 79.9. The third-order valence-electron chi connectivity index (χ3n) is 3.76. The second-order valence-electron chi connectivity index (χ2n) is 6.66. The minimum Gasteiger partial charge on any atom is -0.312 e. The molecule has 1 rings (SSSR count). The smallest absolute Gasteiger partial charge is 0.0242 e. The Hall–Kier alpha value is -0.380. The minimum atomic E-state index is 0.696. The maximum Gasteiger partial charge on any atom is 0.0242 e. The fraction of sp³-hybridized carbons (Fsp3) is 0.667. The van der Waals surface area contributed by atoms with Gasteiger partial charge in [0.05, 0.1) is 0 Å².